The monoisotopic (exact) mass is 457 g/mol. The van der Waals surface area contributed by atoms with Gasteiger partial charge in [-0.25, -0.2) is 9.37 Å². The van der Waals surface area contributed by atoms with E-state index in [0.29, 0.717) is 11.2 Å². The van der Waals surface area contributed by atoms with Crippen molar-refractivity contribution in [2.75, 3.05) is 6.54 Å². The molecule has 0 aliphatic heterocycles. The van der Waals surface area contributed by atoms with Crippen LogP contribution in [0.4, 0.5) is 4.39 Å². The Morgan fingerprint density at radius 3 is 2.72 bits per heavy atom. The Labute approximate surface area is 188 Å². The molecule has 3 aromatic rings. The van der Waals surface area contributed by atoms with E-state index in [1.807, 2.05) is 0 Å². The van der Waals surface area contributed by atoms with Gasteiger partial charge < -0.3 is 16.0 Å². The molecule has 0 atom stereocenters. The Bertz CT molecular complexity index is 1210. The normalized spacial score (nSPS) is 13.2. The van der Waals surface area contributed by atoms with Crippen molar-refractivity contribution >= 4 is 34.8 Å². The molecule has 1 saturated carbocycles. The molecule has 4 rings (SSSR count). The largest absolute Gasteiger partial charge is 0.363 e. The molecule has 1 aliphatic rings. The van der Waals surface area contributed by atoms with Crippen LogP contribution in [0.2, 0.25) is 5.02 Å². The number of nitrogens with zero attached hydrogens (tertiary/aromatic N) is 3. The third kappa shape index (κ3) is 4.57. The summed E-state index contributed by atoms with van der Waals surface area (Å²) in [5, 5.41) is 2.62. The Morgan fingerprint density at radius 2 is 2.00 bits per heavy atom. The maximum atomic E-state index is 14.0. The molecular weight excluding hydrogens is 437 g/mol. The standard InChI is InChI=1S/C22H21ClFN5O3/c23-15-5-3-4-13(20(15)24)11-26-18(30)12-29(14-7-8-14)19(31)10-16-17-6-1-2-9-28(17)22(27-16)21(25)32/h1-6,9,14H,7-8,10-12H2,(H2,25,32)(H,26,30). The fourth-order valence-corrected chi connectivity index (χ4v) is 3.74. The minimum absolute atomic E-state index is 0.0193. The van der Waals surface area contributed by atoms with Crippen LogP contribution in [0.25, 0.3) is 5.52 Å². The van der Waals surface area contributed by atoms with Gasteiger partial charge in [0.25, 0.3) is 5.91 Å². The number of rotatable bonds is 8. The Kier molecular flexibility index (Phi) is 6.09. The van der Waals surface area contributed by atoms with Gasteiger partial charge in [0.1, 0.15) is 5.82 Å². The van der Waals surface area contributed by atoms with Gasteiger partial charge >= 0.3 is 0 Å². The van der Waals surface area contributed by atoms with E-state index in [1.165, 1.54) is 17.0 Å². The lowest BCUT2D eigenvalue weighted by Crippen LogP contribution is -2.42. The van der Waals surface area contributed by atoms with Crippen LogP contribution >= 0.6 is 11.6 Å². The fourth-order valence-electron chi connectivity index (χ4n) is 3.55. The van der Waals surface area contributed by atoms with Gasteiger partial charge in [0.2, 0.25) is 17.6 Å². The number of nitrogens with one attached hydrogen (secondary N) is 1. The molecule has 0 spiro atoms. The van der Waals surface area contributed by atoms with Crippen molar-refractivity contribution in [3.8, 4) is 0 Å². The van der Waals surface area contributed by atoms with Crippen LogP contribution in [0.3, 0.4) is 0 Å². The number of carbonyl (C=O) groups excluding carboxylic acids is 3. The van der Waals surface area contributed by atoms with E-state index in [0.717, 1.165) is 12.8 Å². The van der Waals surface area contributed by atoms with E-state index < -0.39 is 17.6 Å². The summed E-state index contributed by atoms with van der Waals surface area (Å²) in [6, 6.07) is 9.79. The molecule has 10 heteroatoms. The Balaban J connectivity index is 1.45. The second kappa shape index (κ2) is 8.96. The van der Waals surface area contributed by atoms with Crippen molar-refractivity contribution in [3.63, 3.8) is 0 Å². The first kappa shape index (κ1) is 21.8. The van der Waals surface area contributed by atoms with E-state index in [4.69, 9.17) is 17.3 Å². The number of amides is 3. The quantitative estimate of drug-likeness (QED) is 0.539. The Hall–Kier alpha value is -3.46. The molecule has 8 nitrogen and oxygen atoms in total. The minimum Gasteiger partial charge on any atom is -0.363 e. The molecule has 0 radical (unpaired) electrons. The number of carbonyl (C=O) groups is 3. The first-order chi connectivity index (χ1) is 15.3. The van der Waals surface area contributed by atoms with Gasteiger partial charge in [0.15, 0.2) is 0 Å². The highest BCUT2D eigenvalue weighted by Gasteiger charge is 2.34. The molecule has 32 heavy (non-hydrogen) atoms. The predicted octanol–water partition coefficient (Wildman–Crippen LogP) is 2.08. The third-order valence-corrected chi connectivity index (χ3v) is 5.59. The van der Waals surface area contributed by atoms with Crippen LogP contribution in [-0.2, 0) is 22.6 Å². The molecule has 3 amide bonds. The van der Waals surface area contributed by atoms with Gasteiger partial charge in [0, 0.05) is 24.3 Å². The van der Waals surface area contributed by atoms with Gasteiger partial charge in [-0.15, -0.1) is 0 Å². The molecule has 2 aromatic heterocycles. The average molecular weight is 458 g/mol. The van der Waals surface area contributed by atoms with Crippen molar-refractivity contribution < 1.29 is 18.8 Å². The fraction of sp³-hybridized carbons (Fsp3) is 0.273. The van der Waals surface area contributed by atoms with Gasteiger partial charge in [-0.1, -0.05) is 29.8 Å². The zero-order chi connectivity index (χ0) is 22.8. The van der Waals surface area contributed by atoms with Gasteiger partial charge in [-0.05, 0) is 31.0 Å². The maximum Gasteiger partial charge on any atom is 0.285 e. The van der Waals surface area contributed by atoms with Crippen LogP contribution in [0.15, 0.2) is 42.6 Å². The van der Waals surface area contributed by atoms with E-state index >= 15 is 0 Å². The Morgan fingerprint density at radius 1 is 1.22 bits per heavy atom. The zero-order valence-electron chi connectivity index (χ0n) is 17.1. The number of imidazole rings is 1. The van der Waals surface area contributed by atoms with Crippen molar-refractivity contribution in [3.05, 3.63) is 70.5 Å². The second-order valence-electron chi connectivity index (χ2n) is 7.62. The average Bonchev–Trinajstić information content (AvgIpc) is 3.54. The molecule has 1 aliphatic carbocycles. The molecule has 0 bridgehead atoms. The summed E-state index contributed by atoms with van der Waals surface area (Å²) in [4.78, 5) is 43.0. The number of fused-ring (bicyclic) bond motifs is 1. The molecule has 2 heterocycles. The summed E-state index contributed by atoms with van der Waals surface area (Å²) in [7, 11) is 0. The number of nitrogens with two attached hydrogens (primary N) is 1. The summed E-state index contributed by atoms with van der Waals surface area (Å²) >= 11 is 5.77. The van der Waals surface area contributed by atoms with Gasteiger partial charge in [-0.3, -0.25) is 18.8 Å². The van der Waals surface area contributed by atoms with Crippen molar-refractivity contribution in [1.82, 2.24) is 19.6 Å². The van der Waals surface area contributed by atoms with E-state index in [2.05, 4.69) is 10.3 Å². The topological polar surface area (TPSA) is 110 Å². The summed E-state index contributed by atoms with van der Waals surface area (Å²) < 4.78 is 15.6. The number of hydrogen-bond acceptors (Lipinski definition) is 4. The first-order valence-corrected chi connectivity index (χ1v) is 10.5. The molecule has 0 saturated heterocycles. The van der Waals surface area contributed by atoms with Gasteiger partial charge in [0.05, 0.1) is 29.2 Å². The van der Waals surface area contributed by atoms with E-state index in [1.54, 1.807) is 34.9 Å². The highest BCUT2D eigenvalue weighted by molar-refractivity contribution is 6.30. The molecule has 166 valence electrons. The second-order valence-corrected chi connectivity index (χ2v) is 8.03. The van der Waals surface area contributed by atoms with Crippen LogP contribution in [-0.4, -0.2) is 44.6 Å². The lowest BCUT2D eigenvalue weighted by molar-refractivity contribution is -0.136. The number of primary amides is 1. The maximum absolute atomic E-state index is 14.0. The molecule has 0 unspecified atom stereocenters. The molecule has 3 N–H and O–H groups in total. The van der Waals surface area contributed by atoms with Gasteiger partial charge in [-0.2, -0.15) is 0 Å². The SMILES string of the molecule is NC(=O)c1nc(CC(=O)N(CC(=O)NCc2cccc(Cl)c2F)C2CC2)c2ccccn12. The number of pyridine rings is 1. The first-order valence-electron chi connectivity index (χ1n) is 10.1. The zero-order valence-corrected chi connectivity index (χ0v) is 17.8. The lowest BCUT2D eigenvalue weighted by atomic mass is 10.2. The number of hydrogen-bond donors (Lipinski definition) is 2. The highest BCUT2D eigenvalue weighted by Crippen LogP contribution is 2.27. The van der Waals surface area contributed by atoms with Crippen LogP contribution in [0.5, 0.6) is 0 Å². The van der Waals surface area contributed by atoms with Crippen LogP contribution < -0.4 is 11.1 Å². The lowest BCUT2D eigenvalue weighted by Gasteiger charge is -2.21. The predicted molar refractivity (Wildman–Crippen MR) is 115 cm³/mol. The number of aromatic nitrogens is 2. The summed E-state index contributed by atoms with van der Waals surface area (Å²) in [5.41, 5.74) is 6.68. The van der Waals surface area contributed by atoms with Crippen molar-refractivity contribution in [2.24, 2.45) is 5.73 Å². The number of halogens is 2. The highest BCUT2D eigenvalue weighted by atomic mass is 35.5. The van der Waals surface area contributed by atoms with Crippen LogP contribution in [0, 0.1) is 5.82 Å². The minimum atomic E-state index is -0.698. The van der Waals surface area contributed by atoms with Crippen molar-refractivity contribution in [2.45, 2.75) is 31.8 Å². The van der Waals surface area contributed by atoms with E-state index in [9.17, 15) is 18.8 Å². The van der Waals surface area contributed by atoms with Crippen molar-refractivity contribution in [1.29, 1.82) is 0 Å². The summed E-state index contributed by atoms with van der Waals surface area (Å²) in [6.45, 7) is -0.189. The van der Waals surface area contributed by atoms with Crippen LogP contribution in [0.1, 0.15) is 34.7 Å². The molecule has 1 aromatic carbocycles. The number of benzene rings is 1. The summed E-state index contributed by atoms with van der Waals surface area (Å²) in [6.07, 6.45) is 3.18. The molecule has 1 fully saturated rings. The third-order valence-electron chi connectivity index (χ3n) is 5.29. The summed E-state index contributed by atoms with van der Waals surface area (Å²) in [5.74, 6) is -1.92. The smallest absolute Gasteiger partial charge is 0.285 e. The van der Waals surface area contributed by atoms with E-state index in [-0.39, 0.29) is 47.9 Å². The molecular formula is C22H21ClFN5O3.